The molecule has 0 aliphatic rings. The summed E-state index contributed by atoms with van der Waals surface area (Å²) in [7, 11) is 0. The minimum Gasteiger partial charge on any atom is -0.328 e. The van der Waals surface area contributed by atoms with Gasteiger partial charge in [0.15, 0.2) is 0 Å². The van der Waals surface area contributed by atoms with E-state index in [0.717, 1.165) is 0 Å². The summed E-state index contributed by atoms with van der Waals surface area (Å²) in [6.45, 7) is 6.44. The Balaban J connectivity index is 1.92. The number of amides is 1. The number of carbonyl (C=O) groups is 1. The highest BCUT2D eigenvalue weighted by Crippen LogP contribution is 2.25. The summed E-state index contributed by atoms with van der Waals surface area (Å²) in [6, 6.07) is 21.4. The minimum atomic E-state index is -0.512. The molecule has 0 saturated carbocycles. The molecule has 0 bridgehead atoms. The van der Waals surface area contributed by atoms with Crippen LogP contribution in [0.3, 0.4) is 0 Å². The van der Waals surface area contributed by atoms with Crippen LogP contribution in [0.4, 0.5) is 4.39 Å². The van der Waals surface area contributed by atoms with Gasteiger partial charge in [0.05, 0.1) is 22.6 Å². The van der Waals surface area contributed by atoms with Crippen LogP contribution in [0.1, 0.15) is 43.0 Å². The van der Waals surface area contributed by atoms with E-state index in [2.05, 4.69) is 0 Å². The zero-order valence-electron chi connectivity index (χ0n) is 18.9. The molecule has 168 valence electrons. The van der Waals surface area contributed by atoms with Crippen molar-refractivity contribution < 1.29 is 9.18 Å². The lowest BCUT2D eigenvalue weighted by Gasteiger charge is -2.32. The van der Waals surface area contributed by atoms with Gasteiger partial charge in [0.1, 0.15) is 11.6 Å². The Bertz CT molecular complexity index is 1330. The second-order valence-corrected chi connectivity index (χ2v) is 8.50. The summed E-state index contributed by atoms with van der Waals surface area (Å²) < 4.78 is 15.1. The first-order chi connectivity index (χ1) is 15.9. The lowest BCUT2D eigenvalue weighted by atomic mass is 10.1. The van der Waals surface area contributed by atoms with Crippen molar-refractivity contribution in [3.8, 4) is 5.69 Å². The van der Waals surface area contributed by atoms with Crippen LogP contribution in [0.15, 0.2) is 83.7 Å². The van der Waals surface area contributed by atoms with Gasteiger partial charge >= 0.3 is 0 Å². The summed E-state index contributed by atoms with van der Waals surface area (Å²) >= 11 is 0. The molecule has 0 spiro atoms. The number of nitrogens with zero attached hydrogens (tertiary/aromatic N) is 3. The number of aromatic nitrogens is 2. The highest BCUT2D eigenvalue weighted by atomic mass is 19.1. The SMILES string of the molecule is CC(C)CN(C(=O)c1ccccc1)C(C)c1nc2ccccc2c(=O)n1-c1ccc(F)cc1. The highest BCUT2D eigenvalue weighted by molar-refractivity contribution is 5.94. The highest BCUT2D eigenvalue weighted by Gasteiger charge is 2.28. The molecule has 1 heterocycles. The number of hydrogen-bond acceptors (Lipinski definition) is 3. The Morgan fingerprint density at radius 1 is 0.939 bits per heavy atom. The number of para-hydroxylation sites is 1. The van der Waals surface area contributed by atoms with Gasteiger partial charge in [-0.05, 0) is 61.4 Å². The fraction of sp³-hybridized carbons (Fsp3) is 0.222. The van der Waals surface area contributed by atoms with Gasteiger partial charge in [-0.25, -0.2) is 9.37 Å². The molecule has 33 heavy (non-hydrogen) atoms. The fourth-order valence-electron chi connectivity index (χ4n) is 3.97. The number of hydrogen-bond donors (Lipinski definition) is 0. The molecule has 5 nitrogen and oxygen atoms in total. The summed E-state index contributed by atoms with van der Waals surface area (Å²) in [5.74, 6) is 0.0995. The Kier molecular flexibility index (Phi) is 6.36. The Labute approximate surface area is 192 Å². The van der Waals surface area contributed by atoms with Crippen molar-refractivity contribution in [2.24, 2.45) is 5.92 Å². The molecule has 1 amide bonds. The lowest BCUT2D eigenvalue weighted by Crippen LogP contribution is -2.39. The van der Waals surface area contributed by atoms with E-state index in [1.165, 1.54) is 16.7 Å². The maximum Gasteiger partial charge on any atom is 0.266 e. The predicted octanol–water partition coefficient (Wildman–Crippen LogP) is 5.38. The maximum atomic E-state index is 13.6. The van der Waals surface area contributed by atoms with Crippen LogP contribution < -0.4 is 5.56 Å². The van der Waals surface area contributed by atoms with Crippen LogP contribution in [0.25, 0.3) is 16.6 Å². The zero-order valence-corrected chi connectivity index (χ0v) is 18.9. The van der Waals surface area contributed by atoms with E-state index in [4.69, 9.17) is 4.98 Å². The van der Waals surface area contributed by atoms with E-state index >= 15 is 0 Å². The molecule has 0 radical (unpaired) electrons. The smallest absolute Gasteiger partial charge is 0.266 e. The van der Waals surface area contributed by atoms with Crippen molar-refractivity contribution >= 4 is 16.8 Å². The molecule has 1 unspecified atom stereocenters. The van der Waals surface area contributed by atoms with Crippen molar-refractivity contribution in [2.75, 3.05) is 6.54 Å². The molecule has 1 atom stereocenters. The summed E-state index contributed by atoms with van der Waals surface area (Å²) in [4.78, 5) is 33.6. The van der Waals surface area contributed by atoms with Crippen molar-refractivity contribution in [1.29, 1.82) is 0 Å². The van der Waals surface area contributed by atoms with E-state index in [-0.39, 0.29) is 17.4 Å². The molecule has 3 aromatic carbocycles. The largest absolute Gasteiger partial charge is 0.328 e. The number of carbonyl (C=O) groups excluding carboxylic acids is 1. The molecule has 4 aromatic rings. The van der Waals surface area contributed by atoms with Gasteiger partial charge < -0.3 is 4.90 Å². The van der Waals surface area contributed by atoms with Crippen molar-refractivity contribution in [3.05, 3.63) is 106 Å². The Morgan fingerprint density at radius 2 is 1.58 bits per heavy atom. The van der Waals surface area contributed by atoms with E-state index in [1.54, 1.807) is 47.4 Å². The average Bonchev–Trinajstić information content (AvgIpc) is 2.83. The molecule has 1 aromatic heterocycles. The predicted molar refractivity (Wildman–Crippen MR) is 128 cm³/mol. The first kappa shape index (κ1) is 22.4. The molecule has 0 fully saturated rings. The Morgan fingerprint density at radius 3 is 2.24 bits per heavy atom. The van der Waals surface area contributed by atoms with E-state index in [0.29, 0.717) is 34.5 Å². The van der Waals surface area contributed by atoms with Gasteiger partial charge in [-0.1, -0.05) is 44.2 Å². The number of rotatable bonds is 6. The topological polar surface area (TPSA) is 55.2 Å². The molecule has 4 rings (SSSR count). The molecule has 0 N–H and O–H groups in total. The third-order valence-corrected chi connectivity index (χ3v) is 5.57. The van der Waals surface area contributed by atoms with Gasteiger partial charge in [0.2, 0.25) is 0 Å². The van der Waals surface area contributed by atoms with Crippen LogP contribution in [0, 0.1) is 11.7 Å². The number of halogens is 1. The molecule has 0 aliphatic heterocycles. The standard InChI is InChI=1S/C27H26FN3O2/c1-18(2)17-30(26(32)20-9-5-4-6-10-20)19(3)25-29-24-12-8-7-11-23(24)27(33)31(25)22-15-13-21(28)14-16-22/h4-16,18-19H,17H2,1-3H3. The van der Waals surface area contributed by atoms with Crippen LogP contribution in [-0.2, 0) is 0 Å². The normalized spacial score (nSPS) is 12.2. The average molecular weight is 444 g/mol. The van der Waals surface area contributed by atoms with Crippen molar-refractivity contribution in [1.82, 2.24) is 14.5 Å². The molecular formula is C27H26FN3O2. The molecular weight excluding hydrogens is 417 g/mol. The monoisotopic (exact) mass is 443 g/mol. The third kappa shape index (κ3) is 4.55. The zero-order chi connectivity index (χ0) is 23.5. The van der Waals surface area contributed by atoms with E-state index < -0.39 is 11.9 Å². The number of benzene rings is 3. The summed E-state index contributed by atoms with van der Waals surface area (Å²) in [6.07, 6.45) is 0. The maximum absolute atomic E-state index is 13.6. The molecule has 0 saturated heterocycles. The first-order valence-corrected chi connectivity index (χ1v) is 11.0. The molecule has 0 aliphatic carbocycles. The summed E-state index contributed by atoms with van der Waals surface area (Å²) in [5, 5.41) is 0.461. The Hall–Kier alpha value is -3.80. The fourth-order valence-corrected chi connectivity index (χ4v) is 3.97. The van der Waals surface area contributed by atoms with Gasteiger partial charge in [-0.15, -0.1) is 0 Å². The molecule has 6 heteroatoms. The van der Waals surface area contributed by atoms with Crippen molar-refractivity contribution in [3.63, 3.8) is 0 Å². The van der Waals surface area contributed by atoms with Crippen LogP contribution >= 0.6 is 0 Å². The van der Waals surface area contributed by atoms with Crippen molar-refractivity contribution in [2.45, 2.75) is 26.8 Å². The minimum absolute atomic E-state index is 0.134. The first-order valence-electron chi connectivity index (χ1n) is 11.0. The van der Waals surface area contributed by atoms with E-state index in [1.807, 2.05) is 45.0 Å². The number of fused-ring (bicyclic) bond motifs is 1. The second kappa shape index (κ2) is 9.36. The second-order valence-electron chi connectivity index (χ2n) is 8.50. The van der Waals surface area contributed by atoms with Gasteiger partial charge in [0.25, 0.3) is 11.5 Å². The lowest BCUT2D eigenvalue weighted by molar-refractivity contribution is 0.0655. The van der Waals surface area contributed by atoms with Crippen LogP contribution in [-0.4, -0.2) is 26.9 Å². The van der Waals surface area contributed by atoms with Crippen LogP contribution in [0.5, 0.6) is 0 Å². The van der Waals surface area contributed by atoms with Gasteiger partial charge in [-0.2, -0.15) is 0 Å². The third-order valence-electron chi connectivity index (χ3n) is 5.57. The quantitative estimate of drug-likeness (QED) is 0.402. The van der Waals surface area contributed by atoms with E-state index in [9.17, 15) is 14.0 Å². The van der Waals surface area contributed by atoms with Gasteiger partial charge in [-0.3, -0.25) is 14.2 Å². The van der Waals surface area contributed by atoms with Gasteiger partial charge in [0, 0.05) is 12.1 Å². The summed E-state index contributed by atoms with van der Waals surface area (Å²) in [5.41, 5.74) is 1.37. The van der Waals surface area contributed by atoms with Crippen LogP contribution in [0.2, 0.25) is 0 Å².